The van der Waals surface area contributed by atoms with Gasteiger partial charge < -0.3 is 15.8 Å². The normalized spacial score (nSPS) is 10.9. The summed E-state index contributed by atoms with van der Waals surface area (Å²) in [5.74, 6) is 0.382. The van der Waals surface area contributed by atoms with Crippen molar-refractivity contribution in [1.82, 2.24) is 29.8 Å². The molecule has 10 heteroatoms. The van der Waals surface area contributed by atoms with Gasteiger partial charge in [-0.2, -0.15) is 0 Å². The Kier molecular flexibility index (Phi) is 7.56. The first-order chi connectivity index (χ1) is 21.0. The van der Waals surface area contributed by atoms with Gasteiger partial charge in [-0.05, 0) is 59.7 Å². The summed E-state index contributed by atoms with van der Waals surface area (Å²) in [5.41, 5.74) is 13.1. The number of anilines is 1. The number of nitrogens with one attached hydrogen (secondary N) is 1. The van der Waals surface area contributed by atoms with Gasteiger partial charge in [0.1, 0.15) is 11.3 Å². The maximum atomic E-state index is 12.8. The second kappa shape index (κ2) is 11.9. The minimum atomic E-state index is -0.359. The van der Waals surface area contributed by atoms with Gasteiger partial charge in [0.2, 0.25) is 0 Å². The van der Waals surface area contributed by atoms with Crippen molar-refractivity contribution in [2.75, 3.05) is 12.8 Å². The number of benzene rings is 2. The van der Waals surface area contributed by atoms with Crippen LogP contribution in [0.15, 0.2) is 104 Å². The lowest BCUT2D eigenvalue weighted by Crippen LogP contribution is -2.23. The van der Waals surface area contributed by atoms with E-state index in [4.69, 9.17) is 20.4 Å². The maximum Gasteiger partial charge on any atom is 0.309 e. The summed E-state index contributed by atoms with van der Waals surface area (Å²) < 4.78 is 6.67. The van der Waals surface area contributed by atoms with Crippen LogP contribution in [0.2, 0.25) is 0 Å². The van der Waals surface area contributed by atoms with Gasteiger partial charge in [-0.25, -0.2) is 15.0 Å². The van der Waals surface area contributed by atoms with E-state index in [9.17, 15) is 9.59 Å². The van der Waals surface area contributed by atoms with Crippen molar-refractivity contribution < 1.29 is 14.3 Å². The minimum Gasteiger partial charge on any atom is -0.469 e. The number of aromatic nitrogens is 5. The molecule has 1 amide bonds. The number of carbonyl (C=O) groups is 2. The molecular formula is C33H27N7O3. The number of ether oxygens (including phenoxy) is 1. The van der Waals surface area contributed by atoms with Gasteiger partial charge in [-0.3, -0.25) is 19.1 Å². The smallest absolute Gasteiger partial charge is 0.309 e. The van der Waals surface area contributed by atoms with Crippen LogP contribution in [0.25, 0.3) is 39.4 Å². The highest BCUT2D eigenvalue weighted by atomic mass is 16.5. The first kappa shape index (κ1) is 27.3. The minimum absolute atomic E-state index is 0.105. The molecule has 6 rings (SSSR count). The molecule has 0 fully saturated rings. The summed E-state index contributed by atoms with van der Waals surface area (Å²) in [7, 11) is 1.34. The third-order valence-corrected chi connectivity index (χ3v) is 6.98. The average molecular weight is 570 g/mol. The first-order valence-electron chi connectivity index (χ1n) is 13.5. The van der Waals surface area contributed by atoms with Crippen molar-refractivity contribution in [3.8, 4) is 28.2 Å². The first-order valence-corrected chi connectivity index (χ1v) is 13.5. The quantitative estimate of drug-likeness (QED) is 0.250. The Labute approximate surface area is 247 Å². The molecule has 4 heterocycles. The zero-order chi connectivity index (χ0) is 29.8. The monoisotopic (exact) mass is 569 g/mol. The number of nitrogens with two attached hydrogens (primary N) is 1. The molecule has 10 nitrogen and oxygen atoms in total. The topological polar surface area (TPSA) is 138 Å². The summed E-state index contributed by atoms with van der Waals surface area (Å²) in [6.07, 6.45) is 7.07. The standard InChI is InChI=1S/C33H27N7O3/c1-43-29(41)16-22-5-2-6-23(15-22)33(42)38-18-21-9-11-26(12-10-21)40-31(27-8-4-14-36-30(27)34)39-28-17-25(20-37-32(28)40)24-7-3-13-35-19-24/h2-15,17,19-20H,16,18H2,1H3,(H2,34,36)(H,38,42). The van der Waals surface area contributed by atoms with Gasteiger partial charge in [0.05, 0.1) is 19.1 Å². The zero-order valence-corrected chi connectivity index (χ0v) is 23.3. The van der Waals surface area contributed by atoms with Crippen molar-refractivity contribution >= 4 is 28.9 Å². The van der Waals surface area contributed by atoms with Crippen LogP contribution in [0, 0.1) is 0 Å². The molecule has 0 saturated heterocycles. The summed E-state index contributed by atoms with van der Waals surface area (Å²) in [5, 5.41) is 2.94. The van der Waals surface area contributed by atoms with E-state index < -0.39 is 0 Å². The van der Waals surface area contributed by atoms with Crippen molar-refractivity contribution in [3.05, 3.63) is 120 Å². The molecule has 212 valence electrons. The molecule has 43 heavy (non-hydrogen) atoms. The highest BCUT2D eigenvalue weighted by Crippen LogP contribution is 2.32. The molecule has 0 aliphatic heterocycles. The van der Waals surface area contributed by atoms with Gasteiger partial charge in [0.25, 0.3) is 5.91 Å². The van der Waals surface area contributed by atoms with Crippen LogP contribution in [0.5, 0.6) is 0 Å². The van der Waals surface area contributed by atoms with Gasteiger partial charge in [0, 0.05) is 53.7 Å². The number of carbonyl (C=O) groups excluding carboxylic acids is 2. The van der Waals surface area contributed by atoms with Crippen LogP contribution in [-0.4, -0.2) is 43.5 Å². The molecule has 3 N–H and O–H groups in total. The van der Waals surface area contributed by atoms with Gasteiger partial charge in [-0.1, -0.05) is 30.3 Å². The second-order valence-corrected chi connectivity index (χ2v) is 9.82. The Morgan fingerprint density at radius 3 is 2.49 bits per heavy atom. The van der Waals surface area contributed by atoms with Crippen molar-refractivity contribution in [1.29, 1.82) is 0 Å². The molecule has 2 aromatic carbocycles. The Morgan fingerprint density at radius 1 is 0.884 bits per heavy atom. The molecule has 0 aliphatic rings. The third-order valence-electron chi connectivity index (χ3n) is 6.98. The predicted molar refractivity (Wildman–Crippen MR) is 163 cm³/mol. The zero-order valence-electron chi connectivity index (χ0n) is 23.3. The van der Waals surface area contributed by atoms with E-state index in [1.165, 1.54) is 7.11 Å². The van der Waals surface area contributed by atoms with E-state index >= 15 is 0 Å². The van der Waals surface area contributed by atoms with Gasteiger partial charge in [0.15, 0.2) is 11.5 Å². The summed E-state index contributed by atoms with van der Waals surface area (Å²) >= 11 is 0. The number of pyridine rings is 3. The number of rotatable bonds is 8. The van der Waals surface area contributed by atoms with Crippen LogP contribution in [0.4, 0.5) is 5.82 Å². The molecule has 0 aliphatic carbocycles. The maximum absolute atomic E-state index is 12.8. The third kappa shape index (κ3) is 5.80. The molecule has 0 unspecified atom stereocenters. The molecule has 0 radical (unpaired) electrons. The van der Waals surface area contributed by atoms with Crippen molar-refractivity contribution in [3.63, 3.8) is 0 Å². The number of hydrogen-bond donors (Lipinski definition) is 2. The summed E-state index contributed by atoms with van der Waals surface area (Å²) in [4.78, 5) is 42.6. The fourth-order valence-corrected chi connectivity index (χ4v) is 4.80. The van der Waals surface area contributed by atoms with E-state index in [1.54, 1.807) is 49.1 Å². The average Bonchev–Trinajstić information content (AvgIpc) is 3.43. The second-order valence-electron chi connectivity index (χ2n) is 9.82. The number of nitrogen functional groups attached to an aromatic ring is 1. The number of amides is 1. The number of fused-ring (bicyclic) bond motifs is 1. The number of nitrogens with zero attached hydrogens (tertiary/aromatic N) is 5. The van der Waals surface area contributed by atoms with Crippen LogP contribution < -0.4 is 11.1 Å². The fourth-order valence-electron chi connectivity index (χ4n) is 4.80. The Hall–Kier alpha value is -5.90. The molecule has 6 aromatic rings. The predicted octanol–water partition coefficient (Wildman–Crippen LogP) is 4.77. The largest absolute Gasteiger partial charge is 0.469 e. The number of methoxy groups -OCH3 is 1. The van der Waals surface area contributed by atoms with E-state index in [0.717, 1.165) is 22.4 Å². The number of imidazole rings is 1. The van der Waals surface area contributed by atoms with Crippen molar-refractivity contribution in [2.45, 2.75) is 13.0 Å². The molecule has 0 atom stereocenters. The SMILES string of the molecule is COC(=O)Cc1cccc(C(=O)NCc2ccc(-n3c(-c4cccnc4N)nc4cc(-c5cccnc5)cnc43)cc2)c1. The lowest BCUT2D eigenvalue weighted by atomic mass is 10.1. The van der Waals surface area contributed by atoms with E-state index in [-0.39, 0.29) is 18.3 Å². The van der Waals surface area contributed by atoms with Crippen molar-refractivity contribution in [2.24, 2.45) is 0 Å². The van der Waals surface area contributed by atoms with Crippen LogP contribution in [0.3, 0.4) is 0 Å². The number of esters is 1. The Morgan fingerprint density at radius 2 is 1.72 bits per heavy atom. The molecule has 0 spiro atoms. The Bertz CT molecular complexity index is 1940. The highest BCUT2D eigenvalue weighted by Gasteiger charge is 2.19. The summed E-state index contributed by atoms with van der Waals surface area (Å²) in [6, 6.07) is 24.3. The van der Waals surface area contributed by atoms with E-state index in [0.29, 0.717) is 46.0 Å². The van der Waals surface area contributed by atoms with Crippen LogP contribution >= 0.6 is 0 Å². The summed E-state index contributed by atoms with van der Waals surface area (Å²) in [6.45, 7) is 0.320. The fraction of sp³-hybridized carbons (Fsp3) is 0.0909. The molecule has 0 bridgehead atoms. The highest BCUT2D eigenvalue weighted by molar-refractivity contribution is 5.94. The lowest BCUT2D eigenvalue weighted by Gasteiger charge is -2.12. The lowest BCUT2D eigenvalue weighted by molar-refractivity contribution is -0.139. The van der Waals surface area contributed by atoms with Crippen LogP contribution in [0.1, 0.15) is 21.5 Å². The van der Waals surface area contributed by atoms with Gasteiger partial charge >= 0.3 is 5.97 Å². The molecular weight excluding hydrogens is 542 g/mol. The van der Waals surface area contributed by atoms with Crippen LogP contribution in [-0.2, 0) is 22.5 Å². The van der Waals surface area contributed by atoms with E-state index in [2.05, 4.69) is 15.3 Å². The Balaban J connectivity index is 1.28. The number of hydrogen-bond acceptors (Lipinski definition) is 8. The van der Waals surface area contributed by atoms with E-state index in [1.807, 2.05) is 59.2 Å². The van der Waals surface area contributed by atoms with Gasteiger partial charge in [-0.15, -0.1) is 0 Å². The molecule has 0 saturated carbocycles. The molecule has 4 aromatic heterocycles.